The largest absolute Gasteiger partial charge is 0.481 e. The molecule has 6 nitrogen and oxygen atoms in total. The maximum Gasteiger partial charge on any atom is 0.317 e. The zero-order valence-electron chi connectivity index (χ0n) is 10.3. The topological polar surface area (TPSA) is 78.9 Å². The minimum absolute atomic E-state index is 0.0651. The van der Waals surface area contributed by atoms with Gasteiger partial charge in [0.15, 0.2) is 0 Å². The Morgan fingerprint density at radius 3 is 2.82 bits per heavy atom. The molecule has 1 heterocycles. The summed E-state index contributed by atoms with van der Waals surface area (Å²) in [6.07, 6.45) is 0.922. The van der Waals surface area contributed by atoms with E-state index in [-0.39, 0.29) is 24.4 Å². The van der Waals surface area contributed by atoms with Crippen molar-refractivity contribution < 1.29 is 19.4 Å². The Balaban J connectivity index is 2.26. The van der Waals surface area contributed by atoms with E-state index >= 15 is 0 Å². The van der Waals surface area contributed by atoms with Crippen LogP contribution < -0.4 is 5.32 Å². The highest BCUT2D eigenvalue weighted by atomic mass is 16.5. The summed E-state index contributed by atoms with van der Waals surface area (Å²) in [5.74, 6) is -0.908. The molecule has 0 aromatic rings. The number of hydrogen-bond acceptors (Lipinski definition) is 3. The molecule has 0 saturated carbocycles. The Bertz CT molecular complexity index is 277. The summed E-state index contributed by atoms with van der Waals surface area (Å²) in [5, 5.41) is 11.3. The van der Waals surface area contributed by atoms with Gasteiger partial charge in [0.1, 0.15) is 0 Å². The number of carboxylic acid groups (broad SMARTS) is 1. The van der Waals surface area contributed by atoms with E-state index in [4.69, 9.17) is 9.84 Å². The van der Waals surface area contributed by atoms with Crippen molar-refractivity contribution in [2.75, 3.05) is 26.8 Å². The smallest absolute Gasteiger partial charge is 0.317 e. The minimum Gasteiger partial charge on any atom is -0.481 e. The first-order valence-electron chi connectivity index (χ1n) is 5.81. The molecular formula is C11H20N2O4. The molecule has 1 rings (SSSR count). The van der Waals surface area contributed by atoms with Gasteiger partial charge in [-0.15, -0.1) is 0 Å². The SMILES string of the molecule is CC(CNC(=O)N(C)C1CCOC1)CC(=O)O. The van der Waals surface area contributed by atoms with Crippen LogP contribution in [-0.4, -0.2) is 54.9 Å². The Hall–Kier alpha value is -1.30. The van der Waals surface area contributed by atoms with Gasteiger partial charge in [0, 0.05) is 26.6 Å². The van der Waals surface area contributed by atoms with Crippen LogP contribution in [0.5, 0.6) is 0 Å². The van der Waals surface area contributed by atoms with Gasteiger partial charge in [-0.25, -0.2) is 4.79 Å². The van der Waals surface area contributed by atoms with Gasteiger partial charge in [0.25, 0.3) is 0 Å². The molecule has 1 aliphatic rings. The lowest BCUT2D eigenvalue weighted by Crippen LogP contribution is -2.45. The van der Waals surface area contributed by atoms with E-state index in [1.165, 1.54) is 0 Å². The highest BCUT2D eigenvalue weighted by molar-refractivity contribution is 5.74. The molecular weight excluding hydrogens is 224 g/mol. The highest BCUT2D eigenvalue weighted by Gasteiger charge is 2.24. The number of nitrogens with one attached hydrogen (secondary N) is 1. The maximum atomic E-state index is 11.7. The van der Waals surface area contributed by atoms with Gasteiger partial charge in [-0.05, 0) is 12.3 Å². The predicted octanol–water partition coefficient (Wildman–Crippen LogP) is 0.527. The fourth-order valence-corrected chi connectivity index (χ4v) is 1.75. The molecule has 0 aromatic carbocycles. The summed E-state index contributed by atoms with van der Waals surface area (Å²) in [6, 6.07) is -0.0393. The number of carboxylic acids is 1. The van der Waals surface area contributed by atoms with Crippen molar-refractivity contribution in [3.05, 3.63) is 0 Å². The van der Waals surface area contributed by atoms with E-state index in [1.807, 2.05) is 0 Å². The van der Waals surface area contributed by atoms with Gasteiger partial charge in [-0.1, -0.05) is 6.92 Å². The average Bonchev–Trinajstić information content (AvgIpc) is 2.77. The van der Waals surface area contributed by atoms with Gasteiger partial charge in [0.2, 0.25) is 0 Å². The second-order valence-corrected chi connectivity index (χ2v) is 4.52. The first-order chi connectivity index (χ1) is 8.00. The van der Waals surface area contributed by atoms with Gasteiger partial charge >= 0.3 is 12.0 Å². The Morgan fingerprint density at radius 1 is 1.59 bits per heavy atom. The number of aliphatic carboxylic acids is 1. The van der Waals surface area contributed by atoms with Crippen molar-refractivity contribution in [3.63, 3.8) is 0 Å². The van der Waals surface area contributed by atoms with Crippen molar-refractivity contribution in [2.45, 2.75) is 25.8 Å². The minimum atomic E-state index is -0.843. The van der Waals surface area contributed by atoms with Crippen LogP contribution >= 0.6 is 0 Å². The van der Waals surface area contributed by atoms with Crippen molar-refractivity contribution in [2.24, 2.45) is 5.92 Å². The first-order valence-corrected chi connectivity index (χ1v) is 5.81. The van der Waals surface area contributed by atoms with Crippen LogP contribution in [0, 0.1) is 5.92 Å². The molecule has 1 fully saturated rings. The number of nitrogens with zero attached hydrogens (tertiary/aromatic N) is 1. The molecule has 2 unspecified atom stereocenters. The number of ether oxygens (including phenoxy) is 1. The van der Waals surface area contributed by atoms with Gasteiger partial charge < -0.3 is 20.1 Å². The van der Waals surface area contributed by atoms with Crippen LogP contribution in [0.2, 0.25) is 0 Å². The van der Waals surface area contributed by atoms with Gasteiger partial charge in [-0.2, -0.15) is 0 Å². The summed E-state index contributed by atoms with van der Waals surface area (Å²) in [6.45, 7) is 3.45. The molecule has 1 saturated heterocycles. The number of rotatable bonds is 5. The fraction of sp³-hybridized carbons (Fsp3) is 0.818. The average molecular weight is 244 g/mol. The van der Waals surface area contributed by atoms with Crippen molar-refractivity contribution in [3.8, 4) is 0 Å². The summed E-state index contributed by atoms with van der Waals surface area (Å²) < 4.78 is 5.21. The molecule has 0 bridgehead atoms. The zero-order valence-corrected chi connectivity index (χ0v) is 10.3. The third-order valence-electron chi connectivity index (χ3n) is 2.90. The summed E-state index contributed by atoms with van der Waals surface area (Å²) in [5.41, 5.74) is 0. The van der Waals surface area contributed by atoms with Crippen LogP contribution in [0.3, 0.4) is 0 Å². The monoisotopic (exact) mass is 244 g/mol. The third kappa shape index (κ3) is 4.60. The molecule has 1 aliphatic heterocycles. The lowest BCUT2D eigenvalue weighted by molar-refractivity contribution is -0.137. The Kier molecular flexibility index (Phi) is 5.21. The maximum absolute atomic E-state index is 11.7. The number of urea groups is 1. The lowest BCUT2D eigenvalue weighted by atomic mass is 10.1. The molecule has 2 atom stereocenters. The molecule has 0 aromatic heterocycles. The molecule has 2 N–H and O–H groups in total. The number of hydrogen-bond donors (Lipinski definition) is 2. The number of carbonyl (C=O) groups excluding carboxylic acids is 1. The third-order valence-corrected chi connectivity index (χ3v) is 2.90. The molecule has 0 spiro atoms. The van der Waals surface area contributed by atoms with E-state index < -0.39 is 5.97 Å². The van der Waals surface area contributed by atoms with E-state index in [1.54, 1.807) is 18.9 Å². The van der Waals surface area contributed by atoms with Crippen molar-refractivity contribution in [1.29, 1.82) is 0 Å². The van der Waals surface area contributed by atoms with Crippen LogP contribution in [0.1, 0.15) is 19.8 Å². The lowest BCUT2D eigenvalue weighted by Gasteiger charge is -2.24. The quantitative estimate of drug-likeness (QED) is 0.739. The Labute approximate surface area is 101 Å². The Morgan fingerprint density at radius 2 is 2.29 bits per heavy atom. The van der Waals surface area contributed by atoms with Crippen molar-refractivity contribution >= 4 is 12.0 Å². The standard InChI is InChI=1S/C11H20N2O4/c1-8(5-10(14)15)6-12-11(16)13(2)9-3-4-17-7-9/h8-9H,3-7H2,1-2H3,(H,12,16)(H,14,15). The summed E-state index contributed by atoms with van der Waals surface area (Å²) in [7, 11) is 1.73. The highest BCUT2D eigenvalue weighted by Crippen LogP contribution is 2.10. The summed E-state index contributed by atoms with van der Waals surface area (Å²) >= 11 is 0. The van der Waals surface area contributed by atoms with Crippen LogP contribution in [0.25, 0.3) is 0 Å². The number of amides is 2. The van der Waals surface area contributed by atoms with Gasteiger partial charge in [0.05, 0.1) is 12.6 Å². The second kappa shape index (κ2) is 6.44. The van der Waals surface area contributed by atoms with Crippen LogP contribution in [0.15, 0.2) is 0 Å². The normalized spacial score (nSPS) is 20.9. The second-order valence-electron chi connectivity index (χ2n) is 4.52. The van der Waals surface area contributed by atoms with E-state index in [0.29, 0.717) is 19.8 Å². The van der Waals surface area contributed by atoms with Crippen molar-refractivity contribution in [1.82, 2.24) is 10.2 Å². The fourth-order valence-electron chi connectivity index (χ4n) is 1.75. The first kappa shape index (κ1) is 13.8. The van der Waals surface area contributed by atoms with Gasteiger partial charge in [-0.3, -0.25) is 4.79 Å². The number of likely N-dealkylation sites (N-methyl/N-ethyl adjacent to an activating group) is 1. The molecule has 6 heteroatoms. The summed E-state index contributed by atoms with van der Waals surface area (Å²) in [4.78, 5) is 23.8. The molecule has 0 aliphatic carbocycles. The van der Waals surface area contributed by atoms with E-state index in [0.717, 1.165) is 6.42 Å². The van der Waals surface area contributed by atoms with E-state index in [9.17, 15) is 9.59 Å². The van der Waals surface area contributed by atoms with E-state index in [2.05, 4.69) is 5.32 Å². The van der Waals surface area contributed by atoms with Crippen LogP contribution in [0.4, 0.5) is 4.79 Å². The predicted molar refractivity (Wildman–Crippen MR) is 61.8 cm³/mol. The molecule has 2 amide bonds. The zero-order chi connectivity index (χ0) is 12.8. The van der Waals surface area contributed by atoms with Crippen LogP contribution in [-0.2, 0) is 9.53 Å². The molecule has 98 valence electrons. The molecule has 0 radical (unpaired) electrons. The molecule has 17 heavy (non-hydrogen) atoms. The number of carbonyl (C=O) groups is 2.